The number of epoxide rings is 1. The molecule has 0 aromatic rings. The Labute approximate surface area is 117 Å². The van der Waals surface area contributed by atoms with Crippen LogP contribution in [-0.4, -0.2) is 24.8 Å². The number of rotatable bonds is 0. The molecule has 19 heavy (non-hydrogen) atoms. The van der Waals surface area contributed by atoms with Gasteiger partial charge in [0.25, 0.3) is 0 Å². The Morgan fingerprint density at radius 1 is 0.737 bits per heavy atom. The van der Waals surface area contributed by atoms with Crippen molar-refractivity contribution in [3.8, 4) is 0 Å². The number of cyclic esters (lactones) is 1. The maximum absolute atomic E-state index is 11.4. The minimum atomic E-state index is -0.00472. The Balaban J connectivity index is 1.63. The Bertz CT molecular complexity index is 265. The van der Waals surface area contributed by atoms with Crippen molar-refractivity contribution in [3.63, 3.8) is 0 Å². The first-order valence-corrected chi connectivity index (χ1v) is 8.17. The van der Waals surface area contributed by atoms with Crippen molar-refractivity contribution in [3.05, 3.63) is 0 Å². The Hall–Kier alpha value is -0.570. The molecule has 0 amide bonds. The summed E-state index contributed by atoms with van der Waals surface area (Å²) in [6, 6.07) is 0. The Kier molecular flexibility index (Phi) is 6.69. The maximum atomic E-state index is 11.4. The minimum Gasteiger partial charge on any atom is -0.466 e. The molecule has 0 aromatic heterocycles. The molecule has 0 spiro atoms. The molecular weight excluding hydrogens is 240 g/mol. The van der Waals surface area contributed by atoms with Gasteiger partial charge in [0.1, 0.15) is 0 Å². The van der Waals surface area contributed by atoms with Gasteiger partial charge >= 0.3 is 5.97 Å². The van der Waals surface area contributed by atoms with Gasteiger partial charge in [-0.2, -0.15) is 0 Å². The van der Waals surface area contributed by atoms with Gasteiger partial charge in [-0.05, 0) is 32.1 Å². The SMILES string of the molecule is O=C1CCCCCCCCC2OC2CCCCCO1. The normalized spacial score (nSPS) is 31.9. The number of hydrogen-bond donors (Lipinski definition) is 0. The largest absolute Gasteiger partial charge is 0.466 e. The van der Waals surface area contributed by atoms with E-state index in [-0.39, 0.29) is 5.97 Å². The van der Waals surface area contributed by atoms with Gasteiger partial charge in [-0.25, -0.2) is 0 Å². The number of fused-ring (bicyclic) bond motifs is 1. The fourth-order valence-electron chi connectivity index (χ4n) is 2.89. The van der Waals surface area contributed by atoms with Crippen molar-refractivity contribution in [2.45, 2.75) is 89.3 Å². The van der Waals surface area contributed by atoms with E-state index in [0.29, 0.717) is 25.2 Å². The zero-order chi connectivity index (χ0) is 13.3. The summed E-state index contributed by atoms with van der Waals surface area (Å²) in [6.45, 7) is 0.605. The van der Waals surface area contributed by atoms with Crippen LogP contribution in [0.1, 0.15) is 77.0 Å². The fraction of sp³-hybridized carbons (Fsp3) is 0.938. The number of hydrogen-bond acceptors (Lipinski definition) is 3. The van der Waals surface area contributed by atoms with Crippen LogP contribution in [-0.2, 0) is 14.3 Å². The zero-order valence-corrected chi connectivity index (χ0v) is 12.1. The smallest absolute Gasteiger partial charge is 0.305 e. The van der Waals surface area contributed by atoms with Crippen LogP contribution in [0, 0.1) is 0 Å². The number of esters is 1. The van der Waals surface area contributed by atoms with E-state index in [1.165, 1.54) is 44.9 Å². The molecule has 2 rings (SSSR count). The van der Waals surface area contributed by atoms with Gasteiger partial charge in [0.05, 0.1) is 18.8 Å². The minimum absolute atomic E-state index is 0.00472. The number of ether oxygens (including phenoxy) is 2. The van der Waals surface area contributed by atoms with E-state index < -0.39 is 0 Å². The first-order valence-electron chi connectivity index (χ1n) is 8.17. The fourth-order valence-corrected chi connectivity index (χ4v) is 2.89. The summed E-state index contributed by atoms with van der Waals surface area (Å²) in [5, 5.41) is 0. The Morgan fingerprint density at radius 3 is 2.05 bits per heavy atom. The van der Waals surface area contributed by atoms with Crippen LogP contribution in [0.25, 0.3) is 0 Å². The molecule has 0 N–H and O–H groups in total. The predicted molar refractivity (Wildman–Crippen MR) is 75.0 cm³/mol. The third-order valence-electron chi connectivity index (χ3n) is 4.20. The molecule has 2 aliphatic heterocycles. The first-order chi connectivity index (χ1) is 9.36. The zero-order valence-electron chi connectivity index (χ0n) is 12.1. The van der Waals surface area contributed by atoms with Gasteiger partial charge < -0.3 is 9.47 Å². The summed E-state index contributed by atoms with van der Waals surface area (Å²) in [6.07, 6.45) is 14.9. The molecular formula is C16H28O3. The summed E-state index contributed by atoms with van der Waals surface area (Å²) in [5.41, 5.74) is 0. The van der Waals surface area contributed by atoms with Gasteiger partial charge in [-0.15, -0.1) is 0 Å². The third kappa shape index (κ3) is 6.42. The first kappa shape index (κ1) is 14.8. The van der Waals surface area contributed by atoms with E-state index in [2.05, 4.69) is 0 Å². The van der Waals surface area contributed by atoms with Crippen molar-refractivity contribution in [2.24, 2.45) is 0 Å². The van der Waals surface area contributed by atoms with Crippen molar-refractivity contribution in [1.29, 1.82) is 0 Å². The molecule has 110 valence electrons. The van der Waals surface area contributed by atoms with Crippen LogP contribution >= 0.6 is 0 Å². The maximum Gasteiger partial charge on any atom is 0.305 e. The molecule has 2 fully saturated rings. The molecule has 0 bridgehead atoms. The van der Waals surface area contributed by atoms with E-state index in [0.717, 1.165) is 25.7 Å². The van der Waals surface area contributed by atoms with Crippen LogP contribution in [0.5, 0.6) is 0 Å². The second-order valence-electron chi connectivity index (χ2n) is 5.94. The molecule has 2 heterocycles. The van der Waals surface area contributed by atoms with Gasteiger partial charge in [0.2, 0.25) is 0 Å². The van der Waals surface area contributed by atoms with Crippen molar-refractivity contribution in [1.82, 2.24) is 0 Å². The molecule has 0 aliphatic carbocycles. The van der Waals surface area contributed by atoms with E-state index >= 15 is 0 Å². The van der Waals surface area contributed by atoms with Crippen LogP contribution in [0.4, 0.5) is 0 Å². The lowest BCUT2D eigenvalue weighted by molar-refractivity contribution is -0.143. The quantitative estimate of drug-likeness (QED) is 0.492. The molecule has 3 nitrogen and oxygen atoms in total. The highest BCUT2D eigenvalue weighted by atomic mass is 16.6. The standard InChI is InChI=1S/C16H28O3/c17-16-12-8-4-2-1-3-6-10-14-15(19-14)11-7-5-9-13-18-16/h14-15H,1-13H2. The summed E-state index contributed by atoms with van der Waals surface area (Å²) < 4.78 is 10.9. The highest BCUT2D eigenvalue weighted by Crippen LogP contribution is 2.31. The Morgan fingerprint density at radius 2 is 1.32 bits per heavy atom. The summed E-state index contributed by atoms with van der Waals surface area (Å²) in [4.78, 5) is 11.4. The van der Waals surface area contributed by atoms with Crippen molar-refractivity contribution >= 4 is 5.97 Å². The molecule has 0 saturated carbocycles. The van der Waals surface area contributed by atoms with Gasteiger partial charge in [0.15, 0.2) is 0 Å². The van der Waals surface area contributed by atoms with Crippen LogP contribution < -0.4 is 0 Å². The molecule has 2 saturated heterocycles. The second kappa shape index (κ2) is 8.57. The molecule has 0 aromatic carbocycles. The lowest BCUT2D eigenvalue weighted by atomic mass is 10.0. The van der Waals surface area contributed by atoms with E-state index in [1.807, 2.05) is 0 Å². The monoisotopic (exact) mass is 268 g/mol. The molecule has 3 heteroatoms. The lowest BCUT2D eigenvalue weighted by Gasteiger charge is -2.04. The van der Waals surface area contributed by atoms with Gasteiger partial charge in [0, 0.05) is 6.42 Å². The van der Waals surface area contributed by atoms with Crippen LogP contribution in [0.3, 0.4) is 0 Å². The van der Waals surface area contributed by atoms with Crippen molar-refractivity contribution < 1.29 is 14.3 Å². The molecule has 2 atom stereocenters. The van der Waals surface area contributed by atoms with E-state index in [4.69, 9.17) is 9.47 Å². The van der Waals surface area contributed by atoms with Crippen LogP contribution in [0.2, 0.25) is 0 Å². The topological polar surface area (TPSA) is 38.8 Å². The summed E-state index contributed by atoms with van der Waals surface area (Å²) >= 11 is 0. The second-order valence-corrected chi connectivity index (χ2v) is 5.94. The van der Waals surface area contributed by atoms with Gasteiger partial charge in [-0.1, -0.05) is 38.5 Å². The number of carbonyl (C=O) groups is 1. The highest BCUT2D eigenvalue weighted by molar-refractivity contribution is 5.69. The molecule has 0 radical (unpaired) electrons. The lowest BCUT2D eigenvalue weighted by Crippen LogP contribution is -2.05. The summed E-state index contributed by atoms with van der Waals surface area (Å²) in [5.74, 6) is -0.00472. The van der Waals surface area contributed by atoms with Crippen LogP contribution in [0.15, 0.2) is 0 Å². The summed E-state index contributed by atoms with van der Waals surface area (Å²) in [7, 11) is 0. The molecule has 2 unspecified atom stereocenters. The average Bonchev–Trinajstić information content (AvgIpc) is 3.14. The van der Waals surface area contributed by atoms with Gasteiger partial charge in [-0.3, -0.25) is 4.79 Å². The number of carbonyl (C=O) groups excluding carboxylic acids is 1. The van der Waals surface area contributed by atoms with E-state index in [1.54, 1.807) is 0 Å². The third-order valence-corrected chi connectivity index (χ3v) is 4.20. The average molecular weight is 268 g/mol. The predicted octanol–water partition coefficient (Wildman–Crippen LogP) is 3.99. The molecule has 2 aliphatic rings. The van der Waals surface area contributed by atoms with Crippen molar-refractivity contribution in [2.75, 3.05) is 6.61 Å². The highest BCUT2D eigenvalue weighted by Gasteiger charge is 2.36. The van der Waals surface area contributed by atoms with E-state index in [9.17, 15) is 4.79 Å².